The molecule has 6 heteroatoms. The van der Waals surface area contributed by atoms with Gasteiger partial charge in [0.05, 0.1) is 17.9 Å². The molecule has 31 heavy (non-hydrogen) atoms. The van der Waals surface area contributed by atoms with Crippen LogP contribution in [0.5, 0.6) is 0 Å². The number of carboxylic acids is 1. The summed E-state index contributed by atoms with van der Waals surface area (Å²) in [6, 6.07) is 19.2. The Morgan fingerprint density at radius 3 is 2.26 bits per heavy atom. The summed E-state index contributed by atoms with van der Waals surface area (Å²) >= 11 is 0. The maximum atomic E-state index is 13.0. The first-order valence-electron chi connectivity index (χ1n) is 10.2. The molecule has 0 spiro atoms. The predicted molar refractivity (Wildman–Crippen MR) is 115 cm³/mol. The summed E-state index contributed by atoms with van der Waals surface area (Å²) in [6.07, 6.45) is 0.0435. The normalized spacial score (nSPS) is 14.2. The number of benzene rings is 3. The van der Waals surface area contributed by atoms with Crippen LogP contribution in [0.2, 0.25) is 0 Å². The summed E-state index contributed by atoms with van der Waals surface area (Å²) in [6.45, 7) is 0.314. The number of rotatable bonds is 4. The molecule has 1 aliphatic carbocycles. The molecule has 6 nitrogen and oxygen atoms in total. The number of carboxylic acid groups (broad SMARTS) is 1. The van der Waals surface area contributed by atoms with E-state index >= 15 is 0 Å². The highest BCUT2D eigenvalue weighted by molar-refractivity contribution is 5.95. The van der Waals surface area contributed by atoms with Gasteiger partial charge in [-0.25, -0.2) is 9.59 Å². The Morgan fingerprint density at radius 2 is 1.65 bits per heavy atom. The van der Waals surface area contributed by atoms with Crippen LogP contribution in [0.1, 0.15) is 38.5 Å². The third-order valence-electron chi connectivity index (χ3n) is 6.17. The topological polar surface area (TPSA) is 87.1 Å². The van der Waals surface area contributed by atoms with Crippen LogP contribution in [0.25, 0.3) is 11.1 Å². The molecule has 5 rings (SSSR count). The van der Waals surface area contributed by atoms with Gasteiger partial charge >= 0.3 is 12.1 Å². The van der Waals surface area contributed by atoms with Crippen molar-refractivity contribution in [3.8, 4) is 11.1 Å². The van der Waals surface area contributed by atoms with Gasteiger partial charge in [-0.15, -0.1) is 0 Å². The van der Waals surface area contributed by atoms with Gasteiger partial charge in [-0.2, -0.15) is 0 Å². The highest BCUT2D eigenvalue weighted by Crippen LogP contribution is 2.44. The van der Waals surface area contributed by atoms with Crippen LogP contribution >= 0.6 is 0 Å². The predicted octanol–water partition coefficient (Wildman–Crippen LogP) is 4.19. The first kappa shape index (κ1) is 19.3. The van der Waals surface area contributed by atoms with Gasteiger partial charge in [0.1, 0.15) is 6.61 Å². The van der Waals surface area contributed by atoms with Gasteiger partial charge < -0.3 is 14.9 Å². The minimum atomic E-state index is -1.10. The largest absolute Gasteiger partial charge is 0.478 e. The molecule has 0 saturated carbocycles. The molecular formula is C25H21NO5. The number of carbonyl (C=O) groups excluding carboxylic acids is 1. The summed E-state index contributed by atoms with van der Waals surface area (Å²) in [5.41, 5.74) is 6.45. The third kappa shape index (κ3) is 3.16. The summed E-state index contributed by atoms with van der Waals surface area (Å²) in [4.78, 5) is 25.9. The van der Waals surface area contributed by atoms with Crippen LogP contribution in [0.4, 0.5) is 10.5 Å². The maximum Gasteiger partial charge on any atom is 0.414 e. The summed E-state index contributed by atoms with van der Waals surface area (Å²) in [5.74, 6) is -1.14. The average molecular weight is 415 g/mol. The van der Waals surface area contributed by atoms with E-state index < -0.39 is 12.1 Å². The van der Waals surface area contributed by atoms with Crippen molar-refractivity contribution in [2.45, 2.75) is 18.9 Å². The number of aliphatic hydroxyl groups excluding tert-OH is 1. The molecule has 0 aromatic heterocycles. The SMILES string of the molecule is O=C(O)c1cc(CO)c2c(c1)N(C(=O)OCC1c3ccccc3-c3ccccc31)CC2. The molecule has 0 bridgehead atoms. The summed E-state index contributed by atoms with van der Waals surface area (Å²) < 4.78 is 5.73. The number of fused-ring (bicyclic) bond motifs is 4. The van der Waals surface area contributed by atoms with Crippen LogP contribution in [0.15, 0.2) is 60.7 Å². The highest BCUT2D eigenvalue weighted by atomic mass is 16.6. The van der Waals surface area contributed by atoms with E-state index in [4.69, 9.17) is 4.74 Å². The fraction of sp³-hybridized carbons (Fsp3) is 0.200. The van der Waals surface area contributed by atoms with E-state index in [0.717, 1.165) is 27.8 Å². The average Bonchev–Trinajstić information content (AvgIpc) is 3.36. The number of amides is 1. The van der Waals surface area contributed by atoms with Crippen molar-refractivity contribution in [2.24, 2.45) is 0 Å². The van der Waals surface area contributed by atoms with E-state index in [1.54, 1.807) is 0 Å². The Kier molecular flexibility index (Phi) is 4.71. The molecule has 2 N–H and O–H groups in total. The Labute approximate surface area is 179 Å². The van der Waals surface area contributed by atoms with Gasteiger partial charge in [0, 0.05) is 12.5 Å². The molecule has 3 aromatic carbocycles. The van der Waals surface area contributed by atoms with Crippen molar-refractivity contribution in [1.82, 2.24) is 0 Å². The van der Waals surface area contributed by atoms with Crippen molar-refractivity contribution in [3.63, 3.8) is 0 Å². The van der Waals surface area contributed by atoms with Crippen LogP contribution in [0.3, 0.4) is 0 Å². The van der Waals surface area contributed by atoms with Crippen LogP contribution in [0, 0.1) is 0 Å². The van der Waals surface area contributed by atoms with E-state index in [-0.39, 0.29) is 24.7 Å². The fourth-order valence-electron chi connectivity index (χ4n) is 4.72. The number of carbonyl (C=O) groups is 2. The lowest BCUT2D eigenvalue weighted by atomic mass is 9.98. The number of aliphatic hydroxyl groups is 1. The number of nitrogens with zero attached hydrogens (tertiary/aromatic N) is 1. The molecule has 1 aliphatic heterocycles. The molecule has 0 fully saturated rings. The standard InChI is InChI=1S/C25H21NO5/c27-13-16-11-15(24(28)29)12-23-17(16)9-10-26(23)25(30)31-14-22-20-7-3-1-5-18(20)19-6-2-4-8-21(19)22/h1-8,11-12,22,27H,9-10,13-14H2,(H,28,29). The lowest BCUT2D eigenvalue weighted by molar-refractivity contribution is 0.0696. The highest BCUT2D eigenvalue weighted by Gasteiger charge is 2.32. The minimum absolute atomic E-state index is 0.0427. The first-order valence-corrected chi connectivity index (χ1v) is 10.2. The Morgan fingerprint density at radius 1 is 1.00 bits per heavy atom. The third-order valence-corrected chi connectivity index (χ3v) is 6.17. The molecule has 1 amide bonds. The van der Waals surface area contributed by atoms with Crippen molar-refractivity contribution in [2.75, 3.05) is 18.1 Å². The van der Waals surface area contributed by atoms with E-state index in [1.165, 1.54) is 17.0 Å². The molecular weight excluding hydrogens is 394 g/mol. The number of ether oxygens (including phenoxy) is 1. The Bertz CT molecular complexity index is 1160. The van der Waals surface area contributed by atoms with E-state index in [2.05, 4.69) is 24.3 Å². The lowest BCUT2D eigenvalue weighted by Crippen LogP contribution is -2.31. The minimum Gasteiger partial charge on any atom is -0.478 e. The number of anilines is 1. The molecule has 3 aromatic rings. The van der Waals surface area contributed by atoms with Gasteiger partial charge in [0.2, 0.25) is 0 Å². The second kappa shape index (κ2) is 7.56. The first-order chi connectivity index (χ1) is 15.1. The molecule has 156 valence electrons. The van der Waals surface area contributed by atoms with Crippen LogP contribution in [-0.4, -0.2) is 35.4 Å². The molecule has 0 unspecified atom stereocenters. The monoisotopic (exact) mass is 415 g/mol. The van der Waals surface area contributed by atoms with Crippen molar-refractivity contribution in [3.05, 3.63) is 88.5 Å². The van der Waals surface area contributed by atoms with Crippen molar-refractivity contribution >= 4 is 17.7 Å². The second-order valence-corrected chi connectivity index (χ2v) is 7.80. The van der Waals surface area contributed by atoms with E-state index in [0.29, 0.717) is 24.2 Å². The van der Waals surface area contributed by atoms with E-state index in [1.807, 2.05) is 24.3 Å². The Balaban J connectivity index is 1.40. The zero-order chi connectivity index (χ0) is 21.5. The second-order valence-electron chi connectivity index (χ2n) is 7.80. The molecule has 2 aliphatic rings. The van der Waals surface area contributed by atoms with Crippen LogP contribution in [-0.2, 0) is 17.8 Å². The van der Waals surface area contributed by atoms with Gasteiger partial charge in [-0.1, -0.05) is 48.5 Å². The van der Waals surface area contributed by atoms with Gasteiger partial charge in [-0.05, 0) is 51.9 Å². The lowest BCUT2D eigenvalue weighted by Gasteiger charge is -2.20. The fourth-order valence-corrected chi connectivity index (χ4v) is 4.72. The molecule has 1 heterocycles. The Hall–Kier alpha value is -3.64. The maximum absolute atomic E-state index is 13.0. The van der Waals surface area contributed by atoms with Crippen molar-refractivity contribution in [1.29, 1.82) is 0 Å². The zero-order valence-electron chi connectivity index (χ0n) is 16.7. The van der Waals surface area contributed by atoms with Crippen molar-refractivity contribution < 1.29 is 24.5 Å². The quantitative estimate of drug-likeness (QED) is 0.667. The van der Waals surface area contributed by atoms with E-state index in [9.17, 15) is 19.8 Å². The zero-order valence-corrected chi connectivity index (χ0v) is 16.7. The molecule has 0 atom stereocenters. The summed E-state index contributed by atoms with van der Waals surface area (Å²) in [7, 11) is 0. The van der Waals surface area contributed by atoms with Gasteiger partial charge in [-0.3, -0.25) is 4.90 Å². The van der Waals surface area contributed by atoms with Gasteiger partial charge in [0.15, 0.2) is 0 Å². The molecule has 0 saturated heterocycles. The van der Waals surface area contributed by atoms with Gasteiger partial charge in [0.25, 0.3) is 0 Å². The molecule has 0 radical (unpaired) electrons. The smallest absolute Gasteiger partial charge is 0.414 e. The number of aromatic carboxylic acids is 1. The number of hydrogen-bond donors (Lipinski definition) is 2. The van der Waals surface area contributed by atoms with Crippen LogP contribution < -0.4 is 4.90 Å². The summed E-state index contributed by atoms with van der Waals surface area (Å²) in [5, 5.41) is 19.0. The number of hydrogen-bond acceptors (Lipinski definition) is 4.